The van der Waals surface area contributed by atoms with Crippen LogP contribution in [0.4, 0.5) is 4.39 Å². The molecule has 0 aliphatic heterocycles. The van der Waals surface area contributed by atoms with Crippen LogP contribution in [0.15, 0.2) is 17.3 Å². The van der Waals surface area contributed by atoms with Crippen molar-refractivity contribution in [3.63, 3.8) is 0 Å². The van der Waals surface area contributed by atoms with Crippen molar-refractivity contribution in [2.75, 3.05) is 13.2 Å². The second-order valence-electron chi connectivity index (χ2n) is 9.80. The van der Waals surface area contributed by atoms with Crippen molar-refractivity contribution < 1.29 is 14.0 Å². The van der Waals surface area contributed by atoms with E-state index in [1.165, 1.54) is 5.57 Å². The first-order chi connectivity index (χ1) is 12.8. The Labute approximate surface area is 161 Å². The van der Waals surface area contributed by atoms with E-state index in [0.29, 0.717) is 37.3 Å². The number of hydrogen-bond donors (Lipinski definition) is 1. The Balaban J connectivity index is 1.58. The molecule has 27 heavy (non-hydrogen) atoms. The van der Waals surface area contributed by atoms with Crippen LogP contribution in [0.5, 0.6) is 0 Å². The van der Waals surface area contributed by atoms with Gasteiger partial charge in [0, 0.05) is 12.0 Å². The molecule has 4 saturated carbocycles. The minimum Gasteiger partial charge on any atom is -0.395 e. The zero-order valence-electron chi connectivity index (χ0n) is 16.7. The number of oxime groups is 1. The molecule has 4 fully saturated rings. The minimum atomic E-state index is -1.26. The number of allylic oxidation sites excluding steroid dienone is 1. The van der Waals surface area contributed by atoms with Gasteiger partial charge in [-0.1, -0.05) is 31.2 Å². The summed E-state index contributed by atoms with van der Waals surface area (Å²) in [7, 11) is 0. The number of nitrogens with two attached hydrogens (primary N) is 1. The number of nitrogens with zero attached hydrogens (tertiary/aromatic N) is 1. The van der Waals surface area contributed by atoms with Gasteiger partial charge in [0.2, 0.25) is 0 Å². The van der Waals surface area contributed by atoms with Gasteiger partial charge < -0.3 is 10.6 Å². The lowest BCUT2D eigenvalue weighted by molar-refractivity contribution is -0.136. The molecule has 0 saturated heterocycles. The highest BCUT2D eigenvalue weighted by Gasteiger charge is 2.63. The zero-order valence-corrected chi connectivity index (χ0v) is 16.7. The largest absolute Gasteiger partial charge is 0.395 e. The van der Waals surface area contributed by atoms with Crippen molar-refractivity contribution in [3.8, 4) is 0 Å². The van der Waals surface area contributed by atoms with Gasteiger partial charge in [-0.2, -0.15) is 0 Å². The molecule has 0 bridgehead atoms. The first-order valence-electron chi connectivity index (χ1n) is 10.5. The van der Waals surface area contributed by atoms with E-state index in [-0.39, 0.29) is 17.1 Å². The number of rotatable bonds is 3. The normalized spacial score (nSPS) is 48.1. The SMILES string of the molecule is C=C1CC2C(CC[C@]3(C)C(=O)C(F)CC23)[C@@]2(C)CC/C(=N\OCCN)CC12. The number of fused-ring (bicyclic) bond motifs is 5. The lowest BCUT2D eigenvalue weighted by Crippen LogP contribution is -2.54. The van der Waals surface area contributed by atoms with Crippen molar-refractivity contribution in [2.45, 2.75) is 65.0 Å². The maximum absolute atomic E-state index is 14.3. The molecule has 5 heteroatoms. The van der Waals surface area contributed by atoms with Gasteiger partial charge in [-0.05, 0) is 74.0 Å². The fraction of sp³-hybridized carbons (Fsp3) is 0.818. The third kappa shape index (κ3) is 2.80. The van der Waals surface area contributed by atoms with Gasteiger partial charge in [-0.25, -0.2) is 4.39 Å². The quantitative estimate of drug-likeness (QED) is 0.459. The number of ketones is 1. The average molecular weight is 377 g/mol. The molecule has 150 valence electrons. The third-order valence-electron chi connectivity index (χ3n) is 8.56. The molecule has 0 amide bonds. The Morgan fingerprint density at radius 3 is 2.81 bits per heavy atom. The van der Waals surface area contributed by atoms with E-state index in [1.807, 2.05) is 6.92 Å². The molecule has 4 rings (SSSR count). The van der Waals surface area contributed by atoms with Crippen LogP contribution in [0, 0.1) is 34.5 Å². The number of carbonyl (C=O) groups excluding carboxylic acids is 1. The first-order valence-corrected chi connectivity index (χ1v) is 10.5. The summed E-state index contributed by atoms with van der Waals surface area (Å²) < 4.78 is 14.3. The number of alkyl halides is 1. The molecule has 0 radical (unpaired) electrons. The van der Waals surface area contributed by atoms with Gasteiger partial charge in [0.1, 0.15) is 6.61 Å². The molecule has 0 aromatic rings. The smallest absolute Gasteiger partial charge is 0.173 e. The van der Waals surface area contributed by atoms with Gasteiger partial charge in [0.15, 0.2) is 12.0 Å². The molecule has 0 heterocycles. The first kappa shape index (κ1) is 19.1. The zero-order chi connectivity index (χ0) is 19.4. The second kappa shape index (κ2) is 6.68. The van der Waals surface area contributed by atoms with E-state index in [9.17, 15) is 9.18 Å². The lowest BCUT2D eigenvalue weighted by Gasteiger charge is -2.60. The highest BCUT2D eigenvalue weighted by Crippen LogP contribution is 2.66. The number of carbonyl (C=O) groups is 1. The van der Waals surface area contributed by atoms with Crippen LogP contribution in [0.1, 0.15) is 58.8 Å². The Bertz CT molecular complexity index is 677. The highest BCUT2D eigenvalue weighted by molar-refractivity contribution is 5.91. The van der Waals surface area contributed by atoms with Gasteiger partial charge in [0.25, 0.3) is 0 Å². The molecule has 2 N–H and O–H groups in total. The van der Waals surface area contributed by atoms with Crippen molar-refractivity contribution in [2.24, 2.45) is 45.4 Å². The summed E-state index contributed by atoms with van der Waals surface area (Å²) in [5, 5.41) is 4.32. The number of Topliss-reactive ketones (excluding diaryl/α,β-unsaturated/α-hetero) is 1. The molecule has 0 spiro atoms. The van der Waals surface area contributed by atoms with Crippen molar-refractivity contribution in [1.82, 2.24) is 0 Å². The molecular weight excluding hydrogens is 343 g/mol. The Hall–Kier alpha value is -1.23. The van der Waals surface area contributed by atoms with Gasteiger partial charge in [-0.3, -0.25) is 4.79 Å². The summed E-state index contributed by atoms with van der Waals surface area (Å²) in [5.74, 6) is 1.40. The summed E-state index contributed by atoms with van der Waals surface area (Å²) in [6, 6.07) is 0. The van der Waals surface area contributed by atoms with Crippen LogP contribution in [0.2, 0.25) is 0 Å². The van der Waals surface area contributed by atoms with Crippen molar-refractivity contribution >= 4 is 11.5 Å². The van der Waals surface area contributed by atoms with E-state index in [1.54, 1.807) is 0 Å². The van der Waals surface area contributed by atoms with Crippen LogP contribution in [0.3, 0.4) is 0 Å². The topological polar surface area (TPSA) is 64.7 Å². The van der Waals surface area contributed by atoms with E-state index in [2.05, 4.69) is 18.7 Å². The summed E-state index contributed by atoms with van der Waals surface area (Å²) in [6.45, 7) is 9.80. The van der Waals surface area contributed by atoms with E-state index in [4.69, 9.17) is 10.6 Å². The van der Waals surface area contributed by atoms with Crippen LogP contribution in [0.25, 0.3) is 0 Å². The number of halogens is 1. The van der Waals surface area contributed by atoms with Crippen LogP contribution in [-0.2, 0) is 9.63 Å². The second-order valence-corrected chi connectivity index (χ2v) is 9.80. The molecule has 4 nitrogen and oxygen atoms in total. The Morgan fingerprint density at radius 1 is 1.30 bits per heavy atom. The van der Waals surface area contributed by atoms with E-state index >= 15 is 0 Å². The maximum atomic E-state index is 14.3. The standard InChI is InChI=1S/C22H33FN2O2/c1-13-10-15-16(5-7-22(3)18(15)12-19(23)20(22)26)21(2)6-4-14(11-17(13)21)25-27-9-8-24/h15-19H,1,4-12,24H2,2-3H3/b25-14+/t15?,16?,17?,18?,19?,21-,22+/m1/s1. The van der Waals surface area contributed by atoms with Crippen molar-refractivity contribution in [3.05, 3.63) is 12.2 Å². The minimum absolute atomic E-state index is 0.140. The summed E-state index contributed by atoms with van der Waals surface area (Å²) in [6.07, 6.45) is 4.89. The van der Waals surface area contributed by atoms with Gasteiger partial charge in [0.05, 0.1) is 5.71 Å². The molecule has 0 aromatic carbocycles. The fourth-order valence-corrected chi connectivity index (χ4v) is 7.07. The van der Waals surface area contributed by atoms with Crippen LogP contribution < -0.4 is 5.73 Å². The predicted molar refractivity (Wildman–Crippen MR) is 104 cm³/mol. The van der Waals surface area contributed by atoms with Crippen molar-refractivity contribution in [1.29, 1.82) is 0 Å². The predicted octanol–water partition coefficient (Wildman–Crippen LogP) is 4.04. The molecule has 4 aliphatic carbocycles. The molecule has 4 aliphatic rings. The number of hydrogen-bond acceptors (Lipinski definition) is 4. The Kier molecular flexibility index (Phi) is 4.73. The molecule has 0 aromatic heterocycles. The van der Waals surface area contributed by atoms with Crippen LogP contribution in [-0.4, -0.2) is 30.8 Å². The van der Waals surface area contributed by atoms with Gasteiger partial charge >= 0.3 is 0 Å². The monoisotopic (exact) mass is 376 g/mol. The maximum Gasteiger partial charge on any atom is 0.173 e. The molecule has 7 atom stereocenters. The average Bonchev–Trinajstić information content (AvgIpc) is 2.87. The lowest BCUT2D eigenvalue weighted by atomic mass is 9.44. The highest BCUT2D eigenvalue weighted by atomic mass is 19.1. The van der Waals surface area contributed by atoms with E-state index in [0.717, 1.165) is 44.2 Å². The van der Waals surface area contributed by atoms with E-state index < -0.39 is 11.6 Å². The molecule has 5 unspecified atom stereocenters. The fourth-order valence-electron chi connectivity index (χ4n) is 7.07. The summed E-state index contributed by atoms with van der Waals surface area (Å²) in [4.78, 5) is 17.8. The molecular formula is C22H33FN2O2. The van der Waals surface area contributed by atoms with Gasteiger partial charge in [-0.15, -0.1) is 0 Å². The summed E-state index contributed by atoms with van der Waals surface area (Å²) >= 11 is 0. The van der Waals surface area contributed by atoms with Crippen LogP contribution >= 0.6 is 0 Å². The summed E-state index contributed by atoms with van der Waals surface area (Å²) in [5.41, 5.74) is 7.58. The Morgan fingerprint density at radius 2 is 2.07 bits per heavy atom. The third-order valence-corrected chi connectivity index (χ3v) is 8.56.